The van der Waals surface area contributed by atoms with Gasteiger partial charge in [-0.2, -0.15) is 0 Å². The summed E-state index contributed by atoms with van der Waals surface area (Å²) in [4.78, 5) is 11.2. The number of nitrogens with one attached hydrogen (secondary N) is 1. The lowest BCUT2D eigenvalue weighted by Crippen LogP contribution is -2.32. The van der Waals surface area contributed by atoms with Gasteiger partial charge in [-0.1, -0.05) is 6.92 Å². The van der Waals surface area contributed by atoms with Crippen LogP contribution in [0.1, 0.15) is 19.8 Å². The summed E-state index contributed by atoms with van der Waals surface area (Å²) in [6.07, 6.45) is 0.910. The molecule has 0 amide bonds. The van der Waals surface area contributed by atoms with E-state index in [9.17, 15) is 4.79 Å². The average molecular weight is 173 g/mol. The lowest BCUT2D eigenvalue weighted by molar-refractivity contribution is -0.145. The Kier molecular flexibility index (Phi) is 3.49. The van der Waals surface area contributed by atoms with E-state index in [1.54, 1.807) is 0 Å². The highest BCUT2D eigenvalue weighted by molar-refractivity contribution is 5.76. The van der Waals surface area contributed by atoms with Crippen LogP contribution in [0.15, 0.2) is 0 Å². The molecule has 1 saturated heterocycles. The Hall–Kier alpha value is -0.610. The first-order valence-electron chi connectivity index (χ1n) is 4.32. The molecular weight excluding hydrogens is 158 g/mol. The first kappa shape index (κ1) is 9.48. The van der Waals surface area contributed by atoms with Crippen molar-refractivity contribution in [3.05, 3.63) is 0 Å². The standard InChI is InChI=1S/C8H15NO3/c1-2-3-12-8(11)7-4-6(10)5-9-7/h6-7,9-10H,2-5H2,1H3/t6-,7+/m1/s1. The second kappa shape index (κ2) is 4.42. The van der Waals surface area contributed by atoms with Crippen molar-refractivity contribution >= 4 is 5.97 Å². The van der Waals surface area contributed by atoms with Gasteiger partial charge in [-0.05, 0) is 6.42 Å². The number of hydrogen-bond donors (Lipinski definition) is 2. The second-order valence-corrected chi connectivity index (χ2v) is 3.02. The van der Waals surface area contributed by atoms with E-state index in [2.05, 4.69) is 5.32 Å². The third-order valence-corrected chi connectivity index (χ3v) is 1.84. The van der Waals surface area contributed by atoms with E-state index < -0.39 is 6.10 Å². The van der Waals surface area contributed by atoms with Crippen LogP contribution < -0.4 is 5.32 Å². The van der Waals surface area contributed by atoms with Crippen molar-refractivity contribution in [1.82, 2.24) is 5.32 Å². The molecule has 1 aliphatic heterocycles. The van der Waals surface area contributed by atoms with Crippen molar-refractivity contribution in [2.24, 2.45) is 0 Å². The smallest absolute Gasteiger partial charge is 0.323 e. The maximum Gasteiger partial charge on any atom is 0.323 e. The van der Waals surface area contributed by atoms with Gasteiger partial charge in [0.1, 0.15) is 6.04 Å². The molecule has 1 rings (SSSR count). The largest absolute Gasteiger partial charge is 0.465 e. The third-order valence-electron chi connectivity index (χ3n) is 1.84. The summed E-state index contributed by atoms with van der Waals surface area (Å²) in [5.74, 6) is -0.242. The highest BCUT2D eigenvalue weighted by atomic mass is 16.5. The monoisotopic (exact) mass is 173 g/mol. The quantitative estimate of drug-likeness (QED) is 0.573. The Labute approximate surface area is 71.9 Å². The Morgan fingerprint density at radius 2 is 2.50 bits per heavy atom. The van der Waals surface area contributed by atoms with Crippen LogP contribution in [0.25, 0.3) is 0 Å². The summed E-state index contributed by atoms with van der Waals surface area (Å²) < 4.78 is 4.91. The van der Waals surface area contributed by atoms with Gasteiger partial charge in [0, 0.05) is 13.0 Å². The van der Waals surface area contributed by atoms with Crippen LogP contribution in [0.2, 0.25) is 0 Å². The van der Waals surface area contributed by atoms with Gasteiger partial charge in [-0.3, -0.25) is 4.79 Å². The molecule has 0 aromatic heterocycles. The van der Waals surface area contributed by atoms with Crippen molar-refractivity contribution in [3.8, 4) is 0 Å². The normalized spacial score (nSPS) is 28.8. The summed E-state index contributed by atoms with van der Waals surface area (Å²) >= 11 is 0. The zero-order chi connectivity index (χ0) is 8.97. The highest BCUT2D eigenvalue weighted by Gasteiger charge is 2.28. The number of aliphatic hydroxyl groups is 1. The number of carbonyl (C=O) groups is 1. The minimum Gasteiger partial charge on any atom is -0.465 e. The predicted molar refractivity (Wildman–Crippen MR) is 43.7 cm³/mol. The molecule has 0 radical (unpaired) electrons. The number of rotatable bonds is 3. The van der Waals surface area contributed by atoms with Gasteiger partial charge < -0.3 is 15.2 Å². The minimum atomic E-state index is -0.399. The van der Waals surface area contributed by atoms with Crippen molar-refractivity contribution < 1.29 is 14.6 Å². The maximum atomic E-state index is 11.2. The van der Waals surface area contributed by atoms with Crippen molar-refractivity contribution in [1.29, 1.82) is 0 Å². The number of hydrogen-bond acceptors (Lipinski definition) is 4. The number of β-amino-alcohol motifs (C(OH)–C–C–N with tert-alkyl or cyclic N) is 1. The molecule has 0 bridgehead atoms. The van der Waals surface area contributed by atoms with E-state index in [1.807, 2.05) is 6.92 Å². The minimum absolute atomic E-state index is 0.242. The van der Waals surface area contributed by atoms with E-state index in [0.29, 0.717) is 19.6 Å². The molecular formula is C8H15NO3. The van der Waals surface area contributed by atoms with Gasteiger partial charge >= 0.3 is 5.97 Å². The Morgan fingerprint density at radius 1 is 1.75 bits per heavy atom. The van der Waals surface area contributed by atoms with Crippen molar-refractivity contribution in [2.75, 3.05) is 13.2 Å². The van der Waals surface area contributed by atoms with Gasteiger partial charge in [0.15, 0.2) is 0 Å². The molecule has 1 aliphatic rings. The van der Waals surface area contributed by atoms with E-state index in [1.165, 1.54) is 0 Å². The number of carbonyl (C=O) groups excluding carboxylic acids is 1. The van der Waals surface area contributed by atoms with Crippen LogP contribution in [0, 0.1) is 0 Å². The fourth-order valence-corrected chi connectivity index (χ4v) is 1.20. The Bertz CT molecular complexity index is 160. The average Bonchev–Trinajstić information content (AvgIpc) is 2.47. The van der Waals surface area contributed by atoms with E-state index in [-0.39, 0.29) is 12.0 Å². The summed E-state index contributed by atoms with van der Waals surface area (Å²) in [7, 11) is 0. The third kappa shape index (κ3) is 2.46. The highest BCUT2D eigenvalue weighted by Crippen LogP contribution is 2.07. The van der Waals surface area contributed by atoms with Crippen LogP contribution in [0.4, 0.5) is 0 Å². The van der Waals surface area contributed by atoms with Gasteiger partial charge in [-0.25, -0.2) is 0 Å². The van der Waals surface area contributed by atoms with Crippen LogP contribution in [0.5, 0.6) is 0 Å². The molecule has 1 heterocycles. The summed E-state index contributed by atoms with van der Waals surface area (Å²) in [6.45, 7) is 2.91. The zero-order valence-corrected chi connectivity index (χ0v) is 7.25. The topological polar surface area (TPSA) is 58.6 Å². The summed E-state index contributed by atoms with van der Waals surface area (Å²) in [5.41, 5.74) is 0. The molecule has 2 atom stereocenters. The maximum absolute atomic E-state index is 11.2. The zero-order valence-electron chi connectivity index (χ0n) is 7.25. The molecule has 1 fully saturated rings. The lowest BCUT2D eigenvalue weighted by atomic mass is 10.2. The Morgan fingerprint density at radius 3 is 3.00 bits per heavy atom. The van der Waals surface area contributed by atoms with Crippen molar-refractivity contribution in [2.45, 2.75) is 31.9 Å². The number of aliphatic hydroxyl groups excluding tert-OH is 1. The van der Waals surface area contributed by atoms with E-state index >= 15 is 0 Å². The number of esters is 1. The van der Waals surface area contributed by atoms with Crippen LogP contribution in [-0.2, 0) is 9.53 Å². The van der Waals surface area contributed by atoms with Gasteiger partial charge in [0.2, 0.25) is 0 Å². The summed E-state index contributed by atoms with van der Waals surface area (Å²) in [6, 6.07) is -0.299. The SMILES string of the molecule is CCCOC(=O)[C@@H]1C[C@@H](O)CN1. The second-order valence-electron chi connectivity index (χ2n) is 3.02. The molecule has 4 heteroatoms. The van der Waals surface area contributed by atoms with Gasteiger partial charge in [0.25, 0.3) is 0 Å². The van der Waals surface area contributed by atoms with Crippen molar-refractivity contribution in [3.63, 3.8) is 0 Å². The fourth-order valence-electron chi connectivity index (χ4n) is 1.20. The molecule has 4 nitrogen and oxygen atoms in total. The molecule has 0 unspecified atom stereocenters. The number of ether oxygens (including phenoxy) is 1. The molecule has 0 aromatic carbocycles. The van der Waals surface area contributed by atoms with Crippen LogP contribution >= 0.6 is 0 Å². The molecule has 70 valence electrons. The van der Waals surface area contributed by atoms with E-state index in [4.69, 9.17) is 9.84 Å². The summed E-state index contributed by atoms with van der Waals surface area (Å²) in [5, 5.41) is 12.0. The molecule has 0 aliphatic carbocycles. The van der Waals surface area contributed by atoms with Crippen LogP contribution in [-0.4, -0.2) is 36.4 Å². The van der Waals surface area contributed by atoms with E-state index in [0.717, 1.165) is 6.42 Å². The molecule has 0 spiro atoms. The fraction of sp³-hybridized carbons (Fsp3) is 0.875. The predicted octanol–water partition coefficient (Wildman–Crippen LogP) is -0.338. The molecule has 0 aromatic rings. The van der Waals surface area contributed by atoms with Crippen LogP contribution in [0.3, 0.4) is 0 Å². The lowest BCUT2D eigenvalue weighted by Gasteiger charge is -2.08. The molecule has 2 N–H and O–H groups in total. The first-order valence-corrected chi connectivity index (χ1v) is 4.32. The molecule has 12 heavy (non-hydrogen) atoms. The Balaban J connectivity index is 2.23. The first-order chi connectivity index (χ1) is 5.74. The molecule has 0 saturated carbocycles. The van der Waals surface area contributed by atoms with Gasteiger partial charge in [-0.15, -0.1) is 0 Å². The van der Waals surface area contributed by atoms with Gasteiger partial charge in [0.05, 0.1) is 12.7 Å².